The molecule has 0 fully saturated rings. The van der Waals surface area contributed by atoms with Crippen molar-refractivity contribution >= 4 is 0 Å². The highest BCUT2D eigenvalue weighted by Crippen LogP contribution is 2.18. The predicted molar refractivity (Wildman–Crippen MR) is 84.7 cm³/mol. The molecule has 1 atom stereocenters. The quantitative estimate of drug-likeness (QED) is 0.670. The van der Waals surface area contributed by atoms with Crippen LogP contribution in [0.1, 0.15) is 40.0 Å². The van der Waals surface area contributed by atoms with Crippen molar-refractivity contribution in [2.75, 3.05) is 19.8 Å². The monoisotopic (exact) mass is 290 g/mol. The molecule has 21 heavy (non-hydrogen) atoms. The van der Waals surface area contributed by atoms with Crippen molar-refractivity contribution in [1.29, 1.82) is 5.26 Å². The molecule has 0 aromatic heterocycles. The summed E-state index contributed by atoms with van der Waals surface area (Å²) < 4.78 is 11.1. The van der Waals surface area contributed by atoms with Crippen molar-refractivity contribution in [3.8, 4) is 17.6 Å². The Balaban J connectivity index is 2.31. The number of nitriles is 1. The predicted octanol–water partition coefficient (Wildman–Crippen LogP) is 3.53. The van der Waals surface area contributed by atoms with Crippen molar-refractivity contribution in [2.45, 2.75) is 45.6 Å². The van der Waals surface area contributed by atoms with E-state index in [1.165, 1.54) is 0 Å². The van der Waals surface area contributed by atoms with Crippen LogP contribution in [0.4, 0.5) is 0 Å². The SMILES string of the molecule is CCCNC(C)(C#N)CCCOc1ccc(OCC)cc1. The molecule has 0 heterocycles. The smallest absolute Gasteiger partial charge is 0.119 e. The van der Waals surface area contributed by atoms with Gasteiger partial charge in [0.15, 0.2) is 0 Å². The maximum atomic E-state index is 9.24. The third-order valence-electron chi connectivity index (χ3n) is 3.24. The molecule has 116 valence electrons. The third-order valence-corrected chi connectivity index (χ3v) is 3.24. The molecule has 1 unspecified atom stereocenters. The Morgan fingerprint density at radius 1 is 1.14 bits per heavy atom. The topological polar surface area (TPSA) is 54.3 Å². The van der Waals surface area contributed by atoms with E-state index in [1.54, 1.807) is 0 Å². The van der Waals surface area contributed by atoms with Gasteiger partial charge in [0, 0.05) is 0 Å². The lowest BCUT2D eigenvalue weighted by atomic mass is 9.98. The largest absolute Gasteiger partial charge is 0.494 e. The molecular formula is C17H26N2O2. The fourth-order valence-corrected chi connectivity index (χ4v) is 2.00. The Bertz CT molecular complexity index is 439. The van der Waals surface area contributed by atoms with Gasteiger partial charge < -0.3 is 9.47 Å². The van der Waals surface area contributed by atoms with E-state index in [1.807, 2.05) is 38.1 Å². The Kier molecular flexibility index (Phi) is 7.63. The van der Waals surface area contributed by atoms with Gasteiger partial charge in [-0.15, -0.1) is 0 Å². The van der Waals surface area contributed by atoms with Crippen LogP contribution in [-0.4, -0.2) is 25.3 Å². The standard InChI is InChI=1S/C17H26N2O2/c1-4-12-19-17(3,14-18)11-6-13-21-16-9-7-15(8-10-16)20-5-2/h7-10,19H,4-6,11-13H2,1-3H3. The van der Waals surface area contributed by atoms with Gasteiger partial charge in [-0.3, -0.25) is 5.32 Å². The van der Waals surface area contributed by atoms with Crippen LogP contribution in [0.3, 0.4) is 0 Å². The van der Waals surface area contributed by atoms with Crippen LogP contribution < -0.4 is 14.8 Å². The molecule has 1 N–H and O–H groups in total. The first kappa shape index (κ1) is 17.3. The van der Waals surface area contributed by atoms with Crippen molar-refractivity contribution in [1.82, 2.24) is 5.32 Å². The van der Waals surface area contributed by atoms with Gasteiger partial charge in [0.25, 0.3) is 0 Å². The van der Waals surface area contributed by atoms with Crippen molar-refractivity contribution in [2.24, 2.45) is 0 Å². The van der Waals surface area contributed by atoms with Gasteiger partial charge in [-0.2, -0.15) is 5.26 Å². The molecule has 0 bridgehead atoms. The summed E-state index contributed by atoms with van der Waals surface area (Å²) in [6.07, 6.45) is 2.65. The summed E-state index contributed by atoms with van der Waals surface area (Å²) in [5.41, 5.74) is -0.460. The van der Waals surface area contributed by atoms with Crippen LogP contribution in [0.25, 0.3) is 0 Å². The van der Waals surface area contributed by atoms with Crippen LogP contribution >= 0.6 is 0 Å². The van der Waals surface area contributed by atoms with E-state index in [2.05, 4.69) is 18.3 Å². The van der Waals surface area contributed by atoms with E-state index in [-0.39, 0.29) is 0 Å². The molecular weight excluding hydrogens is 264 g/mol. The average molecular weight is 290 g/mol. The van der Waals surface area contributed by atoms with E-state index < -0.39 is 5.54 Å². The third kappa shape index (κ3) is 6.50. The summed E-state index contributed by atoms with van der Waals surface area (Å²) in [7, 11) is 0. The summed E-state index contributed by atoms with van der Waals surface area (Å²) in [4.78, 5) is 0. The molecule has 1 rings (SSSR count). The number of rotatable bonds is 10. The normalized spacial score (nSPS) is 13.2. The lowest BCUT2D eigenvalue weighted by molar-refractivity contribution is 0.284. The van der Waals surface area contributed by atoms with E-state index in [0.29, 0.717) is 13.2 Å². The van der Waals surface area contributed by atoms with Gasteiger partial charge >= 0.3 is 0 Å². The van der Waals surface area contributed by atoms with Crippen molar-refractivity contribution < 1.29 is 9.47 Å². The number of hydrogen-bond acceptors (Lipinski definition) is 4. The second kappa shape index (κ2) is 9.25. The first-order chi connectivity index (χ1) is 10.1. The molecule has 4 heteroatoms. The number of nitrogens with zero attached hydrogens (tertiary/aromatic N) is 1. The number of nitrogens with one attached hydrogen (secondary N) is 1. The van der Waals surface area contributed by atoms with Crippen LogP contribution in [-0.2, 0) is 0 Å². The summed E-state index contributed by atoms with van der Waals surface area (Å²) in [6.45, 7) is 8.14. The van der Waals surface area contributed by atoms with Gasteiger partial charge in [-0.25, -0.2) is 0 Å². The Morgan fingerprint density at radius 3 is 2.29 bits per heavy atom. The average Bonchev–Trinajstić information content (AvgIpc) is 2.51. The van der Waals surface area contributed by atoms with E-state index >= 15 is 0 Å². The van der Waals surface area contributed by atoms with Crippen molar-refractivity contribution in [3.05, 3.63) is 24.3 Å². The highest BCUT2D eigenvalue weighted by molar-refractivity contribution is 5.31. The Morgan fingerprint density at radius 2 is 1.76 bits per heavy atom. The van der Waals surface area contributed by atoms with Crippen LogP contribution in [0.2, 0.25) is 0 Å². The van der Waals surface area contributed by atoms with Crippen LogP contribution in [0, 0.1) is 11.3 Å². The number of hydrogen-bond donors (Lipinski definition) is 1. The molecule has 0 aliphatic rings. The minimum Gasteiger partial charge on any atom is -0.494 e. The summed E-state index contributed by atoms with van der Waals surface area (Å²) in [6, 6.07) is 9.97. The molecule has 0 saturated heterocycles. The minimum absolute atomic E-state index is 0.460. The lowest BCUT2D eigenvalue weighted by Crippen LogP contribution is -2.41. The van der Waals surface area contributed by atoms with Gasteiger partial charge in [0.05, 0.1) is 19.3 Å². The molecule has 0 aliphatic carbocycles. The lowest BCUT2D eigenvalue weighted by Gasteiger charge is -2.23. The van der Waals surface area contributed by atoms with E-state index in [0.717, 1.165) is 37.3 Å². The Labute approximate surface area is 128 Å². The second-order valence-corrected chi connectivity index (χ2v) is 5.23. The zero-order chi connectivity index (χ0) is 15.6. The molecule has 0 radical (unpaired) electrons. The molecule has 0 amide bonds. The summed E-state index contributed by atoms with van der Waals surface area (Å²) in [5, 5.41) is 12.5. The molecule has 1 aromatic rings. The highest BCUT2D eigenvalue weighted by atomic mass is 16.5. The van der Waals surface area contributed by atoms with Gasteiger partial charge in [-0.05, 0) is 63.9 Å². The van der Waals surface area contributed by atoms with Gasteiger partial charge in [0.2, 0.25) is 0 Å². The van der Waals surface area contributed by atoms with Gasteiger partial charge in [0.1, 0.15) is 17.0 Å². The molecule has 1 aromatic carbocycles. The van der Waals surface area contributed by atoms with Crippen LogP contribution in [0.5, 0.6) is 11.5 Å². The zero-order valence-electron chi connectivity index (χ0n) is 13.3. The maximum absolute atomic E-state index is 9.24. The van der Waals surface area contributed by atoms with E-state index in [4.69, 9.17) is 9.47 Å². The molecule has 0 aliphatic heterocycles. The number of benzene rings is 1. The molecule has 0 saturated carbocycles. The molecule has 0 spiro atoms. The highest BCUT2D eigenvalue weighted by Gasteiger charge is 2.21. The summed E-state index contributed by atoms with van der Waals surface area (Å²) in [5.74, 6) is 1.68. The van der Waals surface area contributed by atoms with Crippen molar-refractivity contribution in [3.63, 3.8) is 0 Å². The zero-order valence-corrected chi connectivity index (χ0v) is 13.3. The maximum Gasteiger partial charge on any atom is 0.119 e. The first-order valence-corrected chi connectivity index (χ1v) is 7.65. The summed E-state index contributed by atoms with van der Waals surface area (Å²) >= 11 is 0. The van der Waals surface area contributed by atoms with Gasteiger partial charge in [-0.1, -0.05) is 6.92 Å². The second-order valence-electron chi connectivity index (χ2n) is 5.23. The van der Waals surface area contributed by atoms with Crippen LogP contribution in [0.15, 0.2) is 24.3 Å². The van der Waals surface area contributed by atoms with E-state index in [9.17, 15) is 5.26 Å². The minimum atomic E-state index is -0.460. The molecule has 4 nitrogen and oxygen atoms in total. The fourth-order valence-electron chi connectivity index (χ4n) is 2.00. The number of ether oxygens (including phenoxy) is 2. The first-order valence-electron chi connectivity index (χ1n) is 7.65. The Hall–Kier alpha value is -1.73. The fraction of sp³-hybridized carbons (Fsp3) is 0.588.